The first-order chi connectivity index (χ1) is 30.9. The third kappa shape index (κ3) is 52.3. The van der Waals surface area contributed by atoms with Gasteiger partial charge in [-0.05, 0) is 12.8 Å². The Labute approximate surface area is 392 Å². The third-order valence-corrected chi connectivity index (χ3v) is 13.8. The molecular weight excluding hydrogens is 806 g/mol. The van der Waals surface area contributed by atoms with Gasteiger partial charge in [-0.3, -0.25) is 13.8 Å². The molecule has 0 aliphatic carbocycles. The highest BCUT2D eigenvalue weighted by Crippen LogP contribution is 2.43. The van der Waals surface area contributed by atoms with Crippen LogP contribution in [0, 0.1) is 0 Å². The van der Waals surface area contributed by atoms with E-state index >= 15 is 0 Å². The first-order valence-electron chi connectivity index (χ1n) is 28.0. The van der Waals surface area contributed by atoms with Crippen LogP contribution in [-0.2, 0) is 27.9 Å². The topological polar surface area (TPSA) is 117 Å². The van der Waals surface area contributed by atoms with Gasteiger partial charge in [-0.15, -0.1) is 0 Å². The summed E-state index contributed by atoms with van der Waals surface area (Å²) < 4.78 is 33.7. The molecule has 378 valence electrons. The van der Waals surface area contributed by atoms with E-state index in [2.05, 4.69) is 13.8 Å². The number of esters is 1. The maximum absolute atomic E-state index is 12.7. The predicted molar refractivity (Wildman–Crippen MR) is 271 cm³/mol. The fourth-order valence-corrected chi connectivity index (χ4v) is 9.41. The summed E-state index contributed by atoms with van der Waals surface area (Å²) in [7, 11) is -4.28. The van der Waals surface area contributed by atoms with E-state index < -0.39 is 13.9 Å². The molecule has 9 heteroatoms. The zero-order valence-electron chi connectivity index (χ0n) is 42.4. The second-order valence-electron chi connectivity index (χ2n) is 19.2. The van der Waals surface area contributed by atoms with Gasteiger partial charge < -0.3 is 20.1 Å². The average molecular weight is 916 g/mol. The molecule has 0 radical (unpaired) electrons. The summed E-state index contributed by atoms with van der Waals surface area (Å²) in [5.74, 6) is -0.320. The minimum Gasteiger partial charge on any atom is -0.457 e. The SMILES string of the molecule is CCCCCCCCCCCCCCCCCCCCCCCCCCCCOCC(COP(=O)(O)OCCN)OC(=O)CCCCCCCCCCCCCCCCCCCC. The molecular formula is C54H110NO7P. The zero-order valence-corrected chi connectivity index (χ0v) is 43.2. The van der Waals surface area contributed by atoms with Crippen molar-refractivity contribution in [1.29, 1.82) is 0 Å². The van der Waals surface area contributed by atoms with Crippen LogP contribution in [0.3, 0.4) is 0 Å². The minimum atomic E-state index is -4.28. The summed E-state index contributed by atoms with van der Waals surface area (Å²) in [6, 6.07) is 0. The van der Waals surface area contributed by atoms with E-state index in [4.69, 9.17) is 24.3 Å². The molecule has 0 amide bonds. The monoisotopic (exact) mass is 916 g/mol. The van der Waals surface area contributed by atoms with Crippen molar-refractivity contribution in [2.75, 3.05) is 33.0 Å². The Bertz CT molecular complexity index is 940. The molecule has 2 atom stereocenters. The molecule has 0 aromatic heterocycles. The van der Waals surface area contributed by atoms with Crippen LogP contribution >= 0.6 is 7.82 Å². The Kier molecular flexibility index (Phi) is 52.1. The van der Waals surface area contributed by atoms with Crippen LogP contribution in [0.1, 0.15) is 303 Å². The molecule has 0 spiro atoms. The van der Waals surface area contributed by atoms with Gasteiger partial charge in [-0.1, -0.05) is 284 Å². The standard InChI is InChI=1S/C54H110NO7P/c1-3-5-7-9-11-13-15-17-19-21-23-24-25-26-27-28-29-30-32-34-36-38-40-42-44-46-49-59-51-53(52-61-63(57,58)60-50-48-55)62-54(56)47-45-43-41-39-37-35-33-31-22-20-18-16-14-12-10-8-6-4-2/h53H,3-52,55H2,1-2H3,(H,57,58). The van der Waals surface area contributed by atoms with Gasteiger partial charge in [-0.25, -0.2) is 4.57 Å². The van der Waals surface area contributed by atoms with Gasteiger partial charge in [0.05, 0.1) is 19.8 Å². The Hall–Kier alpha value is -0.500. The van der Waals surface area contributed by atoms with E-state index in [9.17, 15) is 14.3 Å². The number of carbonyl (C=O) groups is 1. The van der Waals surface area contributed by atoms with E-state index in [1.807, 2.05) is 0 Å². The maximum atomic E-state index is 12.7. The number of nitrogens with two attached hydrogens (primary N) is 1. The fourth-order valence-electron chi connectivity index (χ4n) is 8.65. The van der Waals surface area contributed by atoms with Gasteiger partial charge in [0.2, 0.25) is 0 Å². The Morgan fingerprint density at radius 2 is 0.698 bits per heavy atom. The molecule has 0 aromatic rings. The smallest absolute Gasteiger partial charge is 0.457 e. The summed E-state index contributed by atoms with van der Waals surface area (Å²) in [5, 5.41) is 0. The van der Waals surface area contributed by atoms with Crippen LogP contribution in [0.2, 0.25) is 0 Å². The lowest BCUT2D eigenvalue weighted by molar-refractivity contribution is -0.154. The molecule has 0 aliphatic rings. The number of hydrogen-bond donors (Lipinski definition) is 2. The van der Waals surface area contributed by atoms with Crippen molar-refractivity contribution in [2.45, 2.75) is 309 Å². The molecule has 8 nitrogen and oxygen atoms in total. The number of rotatable bonds is 55. The quantitative estimate of drug-likeness (QED) is 0.0352. The van der Waals surface area contributed by atoms with Gasteiger partial charge in [0.25, 0.3) is 0 Å². The van der Waals surface area contributed by atoms with Gasteiger partial charge in [0.15, 0.2) is 0 Å². The molecule has 0 heterocycles. The van der Waals surface area contributed by atoms with Crippen molar-refractivity contribution in [3.8, 4) is 0 Å². The second-order valence-corrected chi connectivity index (χ2v) is 20.6. The van der Waals surface area contributed by atoms with Gasteiger partial charge >= 0.3 is 13.8 Å². The summed E-state index contributed by atoms with van der Waals surface area (Å²) >= 11 is 0. The number of phosphoric ester groups is 1. The van der Waals surface area contributed by atoms with E-state index in [0.29, 0.717) is 13.0 Å². The highest BCUT2D eigenvalue weighted by molar-refractivity contribution is 7.47. The summed E-state index contributed by atoms with van der Waals surface area (Å²) in [4.78, 5) is 22.6. The summed E-state index contributed by atoms with van der Waals surface area (Å²) in [5.41, 5.74) is 5.40. The van der Waals surface area contributed by atoms with Gasteiger partial charge in [0.1, 0.15) is 6.10 Å². The van der Waals surface area contributed by atoms with E-state index in [0.717, 1.165) is 32.1 Å². The van der Waals surface area contributed by atoms with Crippen LogP contribution < -0.4 is 5.73 Å². The third-order valence-electron chi connectivity index (χ3n) is 12.8. The van der Waals surface area contributed by atoms with Crippen LogP contribution in [0.15, 0.2) is 0 Å². The van der Waals surface area contributed by atoms with Crippen LogP contribution in [-0.4, -0.2) is 49.9 Å². The van der Waals surface area contributed by atoms with E-state index in [-0.39, 0.29) is 32.3 Å². The normalized spacial score (nSPS) is 13.1. The molecule has 3 N–H and O–H groups in total. The van der Waals surface area contributed by atoms with Gasteiger partial charge in [-0.2, -0.15) is 0 Å². The molecule has 0 rings (SSSR count). The molecule has 0 saturated carbocycles. The first-order valence-corrected chi connectivity index (χ1v) is 29.5. The van der Waals surface area contributed by atoms with Gasteiger partial charge in [0, 0.05) is 19.6 Å². The molecule has 63 heavy (non-hydrogen) atoms. The molecule has 0 bridgehead atoms. The Balaban J connectivity index is 3.80. The van der Waals surface area contributed by atoms with E-state index in [1.54, 1.807) is 0 Å². The average Bonchev–Trinajstić information content (AvgIpc) is 3.28. The number of carbonyl (C=O) groups excluding carboxylic acids is 1. The van der Waals surface area contributed by atoms with Crippen molar-refractivity contribution in [3.63, 3.8) is 0 Å². The van der Waals surface area contributed by atoms with Crippen LogP contribution in [0.4, 0.5) is 0 Å². The number of hydrogen-bond acceptors (Lipinski definition) is 7. The molecule has 0 saturated heterocycles. The van der Waals surface area contributed by atoms with Crippen molar-refractivity contribution < 1.29 is 32.8 Å². The van der Waals surface area contributed by atoms with Crippen molar-refractivity contribution >= 4 is 13.8 Å². The lowest BCUT2D eigenvalue weighted by Crippen LogP contribution is -2.28. The Morgan fingerprint density at radius 3 is 1.00 bits per heavy atom. The Morgan fingerprint density at radius 1 is 0.413 bits per heavy atom. The number of phosphoric acid groups is 1. The highest BCUT2D eigenvalue weighted by Gasteiger charge is 2.25. The van der Waals surface area contributed by atoms with Crippen LogP contribution in [0.25, 0.3) is 0 Å². The van der Waals surface area contributed by atoms with Crippen LogP contribution in [0.5, 0.6) is 0 Å². The lowest BCUT2D eigenvalue weighted by atomic mass is 10.0. The lowest BCUT2D eigenvalue weighted by Gasteiger charge is -2.20. The largest absolute Gasteiger partial charge is 0.472 e. The first kappa shape index (κ1) is 62.5. The number of unbranched alkanes of at least 4 members (excludes halogenated alkanes) is 42. The second kappa shape index (κ2) is 52.5. The zero-order chi connectivity index (χ0) is 45.8. The predicted octanol–water partition coefficient (Wildman–Crippen LogP) is 17.6. The van der Waals surface area contributed by atoms with Crippen molar-refractivity contribution in [3.05, 3.63) is 0 Å². The minimum absolute atomic E-state index is 0.0896. The molecule has 0 aromatic carbocycles. The van der Waals surface area contributed by atoms with Crippen molar-refractivity contribution in [2.24, 2.45) is 5.73 Å². The van der Waals surface area contributed by atoms with E-state index in [1.165, 1.54) is 250 Å². The maximum Gasteiger partial charge on any atom is 0.472 e. The number of ether oxygens (including phenoxy) is 2. The molecule has 0 aliphatic heterocycles. The molecule has 2 unspecified atom stereocenters. The summed E-state index contributed by atoms with van der Waals surface area (Å²) in [6.07, 6.45) is 58.7. The van der Waals surface area contributed by atoms with Crippen molar-refractivity contribution in [1.82, 2.24) is 0 Å². The fraction of sp³-hybridized carbons (Fsp3) is 0.981. The summed E-state index contributed by atoms with van der Waals surface area (Å²) in [6.45, 7) is 5.02. The molecule has 0 fully saturated rings. The highest BCUT2D eigenvalue weighted by atomic mass is 31.2.